The minimum absolute atomic E-state index is 0.159. The second-order valence-corrected chi connectivity index (χ2v) is 6.85. The average Bonchev–Trinajstić information content (AvgIpc) is 3.08. The van der Waals surface area contributed by atoms with Crippen LogP contribution in [0.5, 0.6) is 0 Å². The first kappa shape index (κ1) is 14.6. The Hall–Kier alpha value is -1.35. The summed E-state index contributed by atoms with van der Waals surface area (Å²) >= 11 is 0. The number of hydrogen-bond donors (Lipinski definition) is 0. The number of fused-ring (bicyclic) bond motifs is 2. The molecule has 0 aromatic heterocycles. The van der Waals surface area contributed by atoms with E-state index >= 15 is 0 Å². The largest absolute Gasteiger partial charge is 0.384 e. The van der Waals surface area contributed by atoms with E-state index in [1.807, 2.05) is 11.9 Å². The highest BCUT2D eigenvalue weighted by Gasteiger charge is 2.61. The highest BCUT2D eigenvalue weighted by atomic mass is 16.5. The molecule has 0 heterocycles. The first-order valence-corrected chi connectivity index (χ1v) is 7.91. The lowest BCUT2D eigenvalue weighted by Gasteiger charge is -2.22. The average molecular weight is 287 g/mol. The van der Waals surface area contributed by atoms with Gasteiger partial charge in [0.25, 0.3) is 0 Å². The first-order chi connectivity index (χ1) is 10.1. The summed E-state index contributed by atoms with van der Waals surface area (Å²) < 4.78 is 5.16. The Balaban J connectivity index is 1.67. The van der Waals surface area contributed by atoms with Crippen LogP contribution in [0.25, 0.3) is 0 Å². The van der Waals surface area contributed by atoms with E-state index in [9.17, 15) is 4.79 Å². The number of ether oxygens (including phenoxy) is 1. The number of amides is 1. The molecule has 1 aromatic carbocycles. The van der Waals surface area contributed by atoms with E-state index in [1.54, 1.807) is 7.11 Å². The maximum absolute atomic E-state index is 12.7. The van der Waals surface area contributed by atoms with Crippen LogP contribution in [0, 0.1) is 11.8 Å². The molecular formula is C18H25NO2. The minimum Gasteiger partial charge on any atom is -0.384 e. The lowest BCUT2D eigenvalue weighted by molar-refractivity contribution is -0.132. The number of carbonyl (C=O) groups excluding carboxylic acids is 1. The van der Waals surface area contributed by atoms with Gasteiger partial charge in [-0.05, 0) is 36.3 Å². The molecule has 1 aromatic rings. The zero-order valence-corrected chi connectivity index (χ0v) is 13.3. The van der Waals surface area contributed by atoms with Gasteiger partial charge in [-0.3, -0.25) is 4.79 Å². The SMILES string of the molecule is COC[C@H](C)CN(C)C(=O)[C@@H]1C[C@@]12CCc1ccccc12. The molecule has 3 heteroatoms. The summed E-state index contributed by atoms with van der Waals surface area (Å²) in [7, 11) is 3.64. The Bertz CT molecular complexity index is 542. The third-order valence-corrected chi connectivity index (χ3v) is 5.18. The van der Waals surface area contributed by atoms with Gasteiger partial charge in [0, 0.05) is 32.0 Å². The summed E-state index contributed by atoms with van der Waals surface area (Å²) in [6.45, 7) is 3.61. The molecule has 21 heavy (non-hydrogen) atoms. The molecule has 3 atom stereocenters. The summed E-state index contributed by atoms with van der Waals surface area (Å²) in [5.41, 5.74) is 3.04. The van der Waals surface area contributed by atoms with Gasteiger partial charge in [-0.1, -0.05) is 31.2 Å². The van der Waals surface area contributed by atoms with E-state index in [0.29, 0.717) is 18.4 Å². The molecule has 0 saturated heterocycles. The van der Waals surface area contributed by atoms with Crippen molar-refractivity contribution in [2.75, 3.05) is 27.3 Å². The van der Waals surface area contributed by atoms with Crippen molar-refractivity contribution < 1.29 is 9.53 Å². The van der Waals surface area contributed by atoms with Crippen LogP contribution in [0.4, 0.5) is 0 Å². The van der Waals surface area contributed by atoms with Crippen LogP contribution < -0.4 is 0 Å². The van der Waals surface area contributed by atoms with E-state index in [-0.39, 0.29) is 11.3 Å². The number of nitrogens with zero attached hydrogens (tertiary/aromatic N) is 1. The number of aryl methyl sites for hydroxylation is 1. The molecule has 1 fully saturated rings. The third-order valence-electron chi connectivity index (χ3n) is 5.18. The molecule has 1 amide bonds. The van der Waals surface area contributed by atoms with E-state index in [2.05, 4.69) is 31.2 Å². The van der Waals surface area contributed by atoms with Gasteiger partial charge >= 0.3 is 0 Å². The molecule has 114 valence electrons. The predicted molar refractivity (Wildman–Crippen MR) is 83.2 cm³/mol. The van der Waals surface area contributed by atoms with Gasteiger partial charge in [0.1, 0.15) is 0 Å². The van der Waals surface area contributed by atoms with Gasteiger partial charge in [0.2, 0.25) is 5.91 Å². The van der Waals surface area contributed by atoms with Crippen LogP contribution in [0.1, 0.15) is 30.9 Å². The second-order valence-electron chi connectivity index (χ2n) is 6.85. The lowest BCUT2D eigenvalue weighted by atomic mass is 9.95. The van der Waals surface area contributed by atoms with Crippen molar-refractivity contribution in [3.8, 4) is 0 Å². The van der Waals surface area contributed by atoms with Crippen molar-refractivity contribution in [2.24, 2.45) is 11.8 Å². The molecule has 0 radical (unpaired) electrons. The molecule has 0 bridgehead atoms. The molecule has 0 aliphatic heterocycles. The zero-order valence-electron chi connectivity index (χ0n) is 13.3. The van der Waals surface area contributed by atoms with Crippen LogP contribution in [0.2, 0.25) is 0 Å². The monoisotopic (exact) mass is 287 g/mol. The lowest BCUT2D eigenvalue weighted by Crippen LogP contribution is -2.35. The quantitative estimate of drug-likeness (QED) is 0.833. The molecule has 1 saturated carbocycles. The minimum atomic E-state index is 0.159. The van der Waals surface area contributed by atoms with Gasteiger partial charge < -0.3 is 9.64 Å². The molecular weight excluding hydrogens is 262 g/mol. The van der Waals surface area contributed by atoms with Crippen molar-refractivity contribution in [2.45, 2.75) is 31.6 Å². The Morgan fingerprint density at radius 2 is 2.24 bits per heavy atom. The maximum Gasteiger partial charge on any atom is 0.226 e. The van der Waals surface area contributed by atoms with E-state index in [0.717, 1.165) is 25.8 Å². The van der Waals surface area contributed by atoms with E-state index in [4.69, 9.17) is 4.74 Å². The highest BCUT2D eigenvalue weighted by Crippen LogP contribution is 2.61. The Morgan fingerprint density at radius 1 is 1.48 bits per heavy atom. The van der Waals surface area contributed by atoms with Crippen molar-refractivity contribution in [1.82, 2.24) is 4.90 Å². The first-order valence-electron chi connectivity index (χ1n) is 7.91. The number of hydrogen-bond acceptors (Lipinski definition) is 2. The molecule has 3 rings (SSSR count). The maximum atomic E-state index is 12.7. The van der Waals surface area contributed by atoms with Gasteiger partial charge in [-0.15, -0.1) is 0 Å². The third kappa shape index (κ3) is 2.48. The Labute approximate surface area is 127 Å². The number of methoxy groups -OCH3 is 1. The van der Waals surface area contributed by atoms with Gasteiger partial charge in [-0.2, -0.15) is 0 Å². The van der Waals surface area contributed by atoms with Crippen molar-refractivity contribution >= 4 is 5.91 Å². The number of carbonyl (C=O) groups is 1. The fourth-order valence-corrected chi connectivity index (χ4v) is 4.08. The van der Waals surface area contributed by atoms with Crippen molar-refractivity contribution in [3.63, 3.8) is 0 Å². The Kier molecular flexibility index (Phi) is 3.78. The van der Waals surface area contributed by atoms with Gasteiger partial charge in [0.15, 0.2) is 0 Å². The van der Waals surface area contributed by atoms with Crippen molar-refractivity contribution in [1.29, 1.82) is 0 Å². The van der Waals surface area contributed by atoms with E-state index < -0.39 is 0 Å². The normalized spacial score (nSPS) is 27.5. The standard InChI is InChI=1S/C18H25NO2/c1-13(12-21-3)11-19(2)17(20)16-10-18(16)9-8-14-6-4-5-7-15(14)18/h4-7,13,16H,8-12H2,1-3H3/t13-,16+,18-/m1/s1. The molecule has 1 spiro atoms. The second kappa shape index (κ2) is 5.45. The smallest absolute Gasteiger partial charge is 0.226 e. The zero-order chi connectivity index (χ0) is 15.0. The summed E-state index contributed by atoms with van der Waals surface area (Å²) in [6, 6.07) is 8.66. The summed E-state index contributed by atoms with van der Waals surface area (Å²) in [5.74, 6) is 0.894. The van der Waals surface area contributed by atoms with Crippen molar-refractivity contribution in [3.05, 3.63) is 35.4 Å². The van der Waals surface area contributed by atoms with Crippen LogP contribution in [0.3, 0.4) is 0 Å². The molecule has 0 unspecified atom stereocenters. The van der Waals surface area contributed by atoms with E-state index in [1.165, 1.54) is 11.1 Å². The highest BCUT2D eigenvalue weighted by molar-refractivity contribution is 5.84. The molecule has 0 N–H and O–H groups in total. The molecule has 3 nitrogen and oxygen atoms in total. The van der Waals surface area contributed by atoms with Gasteiger partial charge in [-0.25, -0.2) is 0 Å². The fourth-order valence-electron chi connectivity index (χ4n) is 4.08. The predicted octanol–water partition coefficient (Wildman–Crippen LogP) is 2.63. The summed E-state index contributed by atoms with van der Waals surface area (Å²) in [4.78, 5) is 14.6. The van der Waals surface area contributed by atoms with Crippen LogP contribution in [0.15, 0.2) is 24.3 Å². The number of benzene rings is 1. The summed E-state index contributed by atoms with van der Waals surface area (Å²) in [5, 5.41) is 0. The molecule has 2 aliphatic carbocycles. The fraction of sp³-hybridized carbons (Fsp3) is 0.611. The molecule has 2 aliphatic rings. The Morgan fingerprint density at radius 3 is 3.00 bits per heavy atom. The summed E-state index contributed by atoms with van der Waals surface area (Å²) in [6.07, 6.45) is 3.31. The van der Waals surface area contributed by atoms with Crippen LogP contribution >= 0.6 is 0 Å². The number of rotatable bonds is 5. The van der Waals surface area contributed by atoms with Crippen LogP contribution in [-0.2, 0) is 21.4 Å². The topological polar surface area (TPSA) is 29.5 Å². The van der Waals surface area contributed by atoms with Gasteiger partial charge in [0.05, 0.1) is 6.61 Å². The van der Waals surface area contributed by atoms with Crippen LogP contribution in [-0.4, -0.2) is 38.1 Å².